The highest BCUT2D eigenvalue weighted by Crippen LogP contribution is 2.25. The van der Waals surface area contributed by atoms with Crippen LogP contribution >= 0.6 is 0 Å². The van der Waals surface area contributed by atoms with E-state index in [0.717, 1.165) is 0 Å². The topological polar surface area (TPSA) is 69.2 Å². The molecule has 1 aromatic heterocycles. The predicted molar refractivity (Wildman–Crippen MR) is 49.7 cm³/mol. The SMILES string of the molecule is CCC1(O)CN(C(=O)c2cn[nH]c2)C1. The number of hydrogen-bond acceptors (Lipinski definition) is 3. The minimum absolute atomic E-state index is 0.0723. The zero-order chi connectivity index (χ0) is 10.2. The second-order valence-electron chi connectivity index (χ2n) is 3.73. The summed E-state index contributed by atoms with van der Waals surface area (Å²) in [4.78, 5) is 13.3. The van der Waals surface area contributed by atoms with Gasteiger partial charge >= 0.3 is 0 Å². The van der Waals surface area contributed by atoms with E-state index in [1.165, 1.54) is 6.20 Å². The van der Waals surface area contributed by atoms with Gasteiger partial charge < -0.3 is 10.0 Å². The third-order valence-corrected chi connectivity index (χ3v) is 2.66. The van der Waals surface area contributed by atoms with Crippen molar-refractivity contribution in [3.05, 3.63) is 18.0 Å². The Morgan fingerprint density at radius 2 is 2.50 bits per heavy atom. The number of β-amino-alcohol motifs (C(OH)–C–C–N with tert-alkyl or cyclic N) is 1. The molecule has 14 heavy (non-hydrogen) atoms. The van der Waals surface area contributed by atoms with Crippen molar-refractivity contribution in [2.24, 2.45) is 0 Å². The van der Waals surface area contributed by atoms with E-state index < -0.39 is 5.60 Å². The highest BCUT2D eigenvalue weighted by molar-refractivity contribution is 5.94. The zero-order valence-corrected chi connectivity index (χ0v) is 8.03. The average molecular weight is 195 g/mol. The fourth-order valence-corrected chi connectivity index (χ4v) is 1.58. The normalized spacial score (nSPS) is 19.1. The van der Waals surface area contributed by atoms with Crippen molar-refractivity contribution in [3.8, 4) is 0 Å². The predicted octanol–water partition coefficient (Wildman–Crippen LogP) is 0.00660. The van der Waals surface area contributed by atoms with Crippen molar-refractivity contribution in [2.75, 3.05) is 13.1 Å². The molecule has 0 atom stereocenters. The molecule has 5 nitrogen and oxygen atoms in total. The lowest BCUT2D eigenvalue weighted by Gasteiger charge is -2.45. The van der Waals surface area contributed by atoms with E-state index in [1.54, 1.807) is 11.1 Å². The number of carbonyl (C=O) groups is 1. The van der Waals surface area contributed by atoms with E-state index >= 15 is 0 Å². The largest absolute Gasteiger partial charge is 0.386 e. The minimum Gasteiger partial charge on any atom is -0.386 e. The van der Waals surface area contributed by atoms with Gasteiger partial charge in [-0.05, 0) is 6.42 Å². The van der Waals surface area contributed by atoms with Gasteiger partial charge in [-0.25, -0.2) is 0 Å². The first-order valence-electron chi connectivity index (χ1n) is 4.65. The quantitative estimate of drug-likeness (QED) is 0.698. The van der Waals surface area contributed by atoms with Gasteiger partial charge in [-0.1, -0.05) is 6.92 Å². The molecule has 1 saturated heterocycles. The first-order valence-corrected chi connectivity index (χ1v) is 4.65. The first kappa shape index (κ1) is 9.21. The van der Waals surface area contributed by atoms with Gasteiger partial charge in [0.2, 0.25) is 0 Å². The van der Waals surface area contributed by atoms with Crippen molar-refractivity contribution in [1.82, 2.24) is 15.1 Å². The van der Waals surface area contributed by atoms with Crippen LogP contribution in [0.3, 0.4) is 0 Å². The Morgan fingerprint density at radius 3 is 3.00 bits per heavy atom. The molecule has 1 aliphatic heterocycles. The lowest BCUT2D eigenvalue weighted by Crippen LogP contribution is -2.63. The van der Waals surface area contributed by atoms with Gasteiger partial charge in [0, 0.05) is 6.20 Å². The summed E-state index contributed by atoms with van der Waals surface area (Å²) < 4.78 is 0. The number of likely N-dealkylation sites (tertiary alicyclic amines) is 1. The van der Waals surface area contributed by atoms with E-state index in [2.05, 4.69) is 10.2 Å². The zero-order valence-electron chi connectivity index (χ0n) is 8.03. The average Bonchev–Trinajstić information content (AvgIpc) is 2.64. The fraction of sp³-hybridized carbons (Fsp3) is 0.556. The molecule has 1 aliphatic rings. The van der Waals surface area contributed by atoms with Crippen molar-refractivity contribution in [2.45, 2.75) is 18.9 Å². The van der Waals surface area contributed by atoms with Crippen LogP contribution in [0.25, 0.3) is 0 Å². The number of rotatable bonds is 2. The summed E-state index contributed by atoms with van der Waals surface area (Å²) in [6.45, 7) is 2.76. The Labute approximate surface area is 81.7 Å². The van der Waals surface area contributed by atoms with Gasteiger partial charge in [0.15, 0.2) is 0 Å². The summed E-state index contributed by atoms with van der Waals surface area (Å²) in [5.74, 6) is -0.0723. The number of aromatic nitrogens is 2. The molecule has 1 aromatic rings. The molecule has 0 spiro atoms. The molecular formula is C9H13N3O2. The Bertz CT molecular complexity index is 328. The second kappa shape index (κ2) is 3.09. The van der Waals surface area contributed by atoms with Crippen LogP contribution in [-0.2, 0) is 0 Å². The van der Waals surface area contributed by atoms with Gasteiger partial charge in [0.25, 0.3) is 5.91 Å². The number of carbonyl (C=O) groups excluding carboxylic acids is 1. The Morgan fingerprint density at radius 1 is 1.79 bits per heavy atom. The summed E-state index contributed by atoms with van der Waals surface area (Å²) in [6, 6.07) is 0. The highest BCUT2D eigenvalue weighted by atomic mass is 16.3. The van der Waals surface area contributed by atoms with Crippen LogP contribution in [0.5, 0.6) is 0 Å². The number of amides is 1. The smallest absolute Gasteiger partial charge is 0.257 e. The van der Waals surface area contributed by atoms with Crippen LogP contribution in [0.15, 0.2) is 12.4 Å². The van der Waals surface area contributed by atoms with Crippen molar-refractivity contribution in [1.29, 1.82) is 0 Å². The molecule has 2 N–H and O–H groups in total. The number of H-pyrrole nitrogens is 1. The number of aromatic amines is 1. The summed E-state index contributed by atoms with van der Waals surface area (Å²) in [6.07, 6.45) is 3.74. The monoisotopic (exact) mass is 195 g/mol. The molecule has 5 heteroatoms. The standard InChI is InChI=1S/C9H13N3O2/c1-2-9(14)5-12(6-9)8(13)7-3-10-11-4-7/h3-4,14H,2,5-6H2,1H3,(H,10,11). The Balaban J connectivity index is 1.98. The minimum atomic E-state index is -0.667. The molecular weight excluding hydrogens is 182 g/mol. The first-order chi connectivity index (χ1) is 6.64. The maximum atomic E-state index is 11.6. The van der Waals surface area contributed by atoms with E-state index in [1.807, 2.05) is 6.92 Å². The summed E-state index contributed by atoms with van der Waals surface area (Å²) in [5, 5.41) is 16.0. The summed E-state index contributed by atoms with van der Waals surface area (Å²) in [5.41, 5.74) is -0.123. The number of nitrogens with one attached hydrogen (secondary N) is 1. The molecule has 0 unspecified atom stereocenters. The highest BCUT2D eigenvalue weighted by Gasteiger charge is 2.42. The van der Waals surface area contributed by atoms with Gasteiger partial charge in [-0.2, -0.15) is 5.10 Å². The van der Waals surface area contributed by atoms with E-state index in [-0.39, 0.29) is 5.91 Å². The van der Waals surface area contributed by atoms with Gasteiger partial charge in [0.1, 0.15) is 0 Å². The molecule has 2 heterocycles. The molecule has 0 aliphatic carbocycles. The molecule has 76 valence electrons. The van der Waals surface area contributed by atoms with Crippen molar-refractivity contribution < 1.29 is 9.90 Å². The van der Waals surface area contributed by atoms with E-state index in [9.17, 15) is 9.90 Å². The molecule has 2 rings (SSSR count). The van der Waals surface area contributed by atoms with Crippen LogP contribution < -0.4 is 0 Å². The van der Waals surface area contributed by atoms with Crippen LogP contribution in [0, 0.1) is 0 Å². The van der Waals surface area contributed by atoms with Gasteiger partial charge in [-0.3, -0.25) is 9.89 Å². The number of nitrogens with zero attached hydrogens (tertiary/aromatic N) is 2. The summed E-state index contributed by atoms with van der Waals surface area (Å²) in [7, 11) is 0. The van der Waals surface area contributed by atoms with Crippen LogP contribution in [0.2, 0.25) is 0 Å². The van der Waals surface area contributed by atoms with E-state index in [0.29, 0.717) is 25.1 Å². The lowest BCUT2D eigenvalue weighted by atomic mass is 9.91. The molecule has 0 bridgehead atoms. The third-order valence-electron chi connectivity index (χ3n) is 2.66. The second-order valence-corrected chi connectivity index (χ2v) is 3.73. The molecule has 0 radical (unpaired) electrons. The summed E-state index contributed by atoms with van der Waals surface area (Å²) >= 11 is 0. The van der Waals surface area contributed by atoms with Gasteiger partial charge in [-0.15, -0.1) is 0 Å². The van der Waals surface area contributed by atoms with Crippen molar-refractivity contribution >= 4 is 5.91 Å². The molecule has 0 saturated carbocycles. The van der Waals surface area contributed by atoms with Crippen LogP contribution in [0.4, 0.5) is 0 Å². The number of aliphatic hydroxyl groups is 1. The maximum absolute atomic E-state index is 11.6. The maximum Gasteiger partial charge on any atom is 0.257 e. The van der Waals surface area contributed by atoms with Gasteiger partial charge in [0.05, 0.1) is 30.5 Å². The fourth-order valence-electron chi connectivity index (χ4n) is 1.58. The third kappa shape index (κ3) is 1.39. The Hall–Kier alpha value is -1.36. The van der Waals surface area contributed by atoms with Crippen LogP contribution in [0.1, 0.15) is 23.7 Å². The molecule has 0 aromatic carbocycles. The van der Waals surface area contributed by atoms with E-state index in [4.69, 9.17) is 0 Å². The Kier molecular flexibility index (Phi) is 2.03. The lowest BCUT2D eigenvalue weighted by molar-refractivity contribution is -0.0826. The molecule has 1 fully saturated rings. The van der Waals surface area contributed by atoms with Crippen LogP contribution in [-0.4, -0.2) is 44.8 Å². The van der Waals surface area contributed by atoms with Crippen molar-refractivity contribution in [3.63, 3.8) is 0 Å². The molecule has 1 amide bonds. The number of hydrogen-bond donors (Lipinski definition) is 2.